The number of aliphatic carboxylic acids is 1. The van der Waals surface area contributed by atoms with E-state index in [-0.39, 0.29) is 43.5 Å². The molecule has 252 valence electrons. The molecule has 0 spiro atoms. The number of benzene rings is 2. The molecule has 1 saturated heterocycles. The standard InChI is InChI=1S/C28H40N2O7.C7H7ClO/c1-18(2)15-21(26(33)34)36-27(35)28(4,5)17-30-23(32)16-29-22(31)14-10-9-11-19(3)24-25(37-24)20-12-7-6-8-13-20;1-9-7-5-3-2-4-6(7)8/h6-8,10,12-14,18-19,21,24-25H,9,11,15-17H2,1-5H3,(H,29,31)(H,30,32)(H,33,34);2-5H,1H3/b14-10+;. The number of amides is 2. The topological polar surface area (TPSA) is 144 Å². The predicted octanol–water partition coefficient (Wildman–Crippen LogP) is 5.75. The van der Waals surface area contributed by atoms with Crippen LogP contribution in [0.25, 0.3) is 0 Å². The number of carbonyl (C=O) groups excluding carboxylic acids is 3. The van der Waals surface area contributed by atoms with Crippen molar-refractivity contribution in [2.45, 2.75) is 72.2 Å². The van der Waals surface area contributed by atoms with Crippen molar-refractivity contribution in [3.05, 3.63) is 77.3 Å². The molecule has 4 atom stereocenters. The lowest BCUT2D eigenvalue weighted by molar-refractivity contribution is -0.171. The first-order valence-electron chi connectivity index (χ1n) is 15.4. The molecule has 2 aromatic carbocycles. The molecule has 3 N–H and O–H groups in total. The quantitative estimate of drug-likeness (QED) is 0.118. The smallest absolute Gasteiger partial charge is 0.345 e. The van der Waals surface area contributed by atoms with Crippen molar-refractivity contribution in [3.63, 3.8) is 0 Å². The first-order chi connectivity index (χ1) is 21.7. The van der Waals surface area contributed by atoms with Gasteiger partial charge in [0, 0.05) is 6.54 Å². The van der Waals surface area contributed by atoms with E-state index in [4.69, 9.17) is 25.8 Å². The number of methoxy groups -OCH3 is 1. The number of epoxide rings is 1. The highest BCUT2D eigenvalue weighted by atomic mass is 35.5. The Balaban J connectivity index is 0.000000700. The fourth-order valence-corrected chi connectivity index (χ4v) is 4.60. The first-order valence-corrected chi connectivity index (χ1v) is 15.8. The van der Waals surface area contributed by atoms with Crippen LogP contribution in [0.2, 0.25) is 5.02 Å². The van der Waals surface area contributed by atoms with Gasteiger partial charge in [-0.05, 0) is 68.7 Å². The number of rotatable bonds is 16. The van der Waals surface area contributed by atoms with E-state index in [0.717, 1.165) is 12.2 Å². The van der Waals surface area contributed by atoms with Crippen LogP contribution in [0.15, 0.2) is 66.7 Å². The van der Waals surface area contributed by atoms with Crippen LogP contribution in [-0.4, -0.2) is 61.3 Å². The van der Waals surface area contributed by atoms with Crippen molar-refractivity contribution in [2.75, 3.05) is 20.2 Å². The third-order valence-corrected chi connectivity index (χ3v) is 7.55. The molecule has 3 rings (SSSR count). The van der Waals surface area contributed by atoms with Crippen LogP contribution in [0.3, 0.4) is 0 Å². The highest BCUT2D eigenvalue weighted by Crippen LogP contribution is 2.44. The van der Waals surface area contributed by atoms with E-state index in [1.807, 2.05) is 50.2 Å². The Kier molecular flexibility index (Phi) is 15.8. The second-order valence-electron chi connectivity index (χ2n) is 12.3. The van der Waals surface area contributed by atoms with Gasteiger partial charge in [-0.2, -0.15) is 0 Å². The van der Waals surface area contributed by atoms with Gasteiger partial charge in [-0.1, -0.05) is 80.9 Å². The van der Waals surface area contributed by atoms with Crippen molar-refractivity contribution in [1.29, 1.82) is 0 Å². The highest BCUT2D eigenvalue weighted by molar-refractivity contribution is 6.32. The van der Waals surface area contributed by atoms with Crippen LogP contribution < -0.4 is 15.4 Å². The molecule has 11 heteroatoms. The molecule has 2 amide bonds. The molecule has 0 bridgehead atoms. The van der Waals surface area contributed by atoms with Crippen LogP contribution in [0, 0.1) is 17.3 Å². The maximum atomic E-state index is 12.4. The van der Waals surface area contributed by atoms with Gasteiger partial charge in [-0.25, -0.2) is 4.79 Å². The van der Waals surface area contributed by atoms with E-state index in [2.05, 4.69) is 29.7 Å². The molecule has 1 aliphatic rings. The molecule has 0 aromatic heterocycles. The fourth-order valence-electron chi connectivity index (χ4n) is 4.39. The minimum Gasteiger partial charge on any atom is -0.495 e. The summed E-state index contributed by atoms with van der Waals surface area (Å²) < 4.78 is 15.9. The monoisotopic (exact) mass is 658 g/mol. The number of esters is 1. The van der Waals surface area contributed by atoms with E-state index < -0.39 is 29.4 Å². The number of hydrogen-bond acceptors (Lipinski definition) is 7. The van der Waals surface area contributed by atoms with Gasteiger partial charge in [0.1, 0.15) is 11.9 Å². The number of halogens is 1. The Hall–Kier alpha value is -3.89. The average Bonchev–Trinajstić information content (AvgIpc) is 3.83. The van der Waals surface area contributed by atoms with Crippen molar-refractivity contribution in [2.24, 2.45) is 17.3 Å². The minimum atomic E-state index is -1.24. The third kappa shape index (κ3) is 13.6. The molecular weight excluding hydrogens is 612 g/mol. The van der Waals surface area contributed by atoms with Gasteiger partial charge < -0.3 is 30.0 Å². The van der Waals surface area contributed by atoms with Gasteiger partial charge in [0.05, 0.1) is 30.2 Å². The van der Waals surface area contributed by atoms with Gasteiger partial charge in [-0.15, -0.1) is 0 Å². The summed E-state index contributed by atoms with van der Waals surface area (Å²) in [5, 5.41) is 15.0. The van der Waals surface area contributed by atoms with Crippen LogP contribution >= 0.6 is 11.6 Å². The Morgan fingerprint density at radius 3 is 2.26 bits per heavy atom. The van der Waals surface area contributed by atoms with Gasteiger partial charge in [0.15, 0.2) is 6.10 Å². The van der Waals surface area contributed by atoms with Crippen molar-refractivity contribution in [3.8, 4) is 5.75 Å². The fraction of sp³-hybridized carbons (Fsp3) is 0.486. The Morgan fingerprint density at radius 2 is 1.67 bits per heavy atom. The first kappa shape index (κ1) is 38.3. The predicted molar refractivity (Wildman–Crippen MR) is 176 cm³/mol. The van der Waals surface area contributed by atoms with Crippen molar-refractivity contribution < 1.29 is 38.5 Å². The molecule has 4 unspecified atom stereocenters. The summed E-state index contributed by atoms with van der Waals surface area (Å²) in [6, 6.07) is 17.5. The molecule has 0 radical (unpaired) electrons. The van der Waals surface area contributed by atoms with Crippen LogP contribution in [0.4, 0.5) is 0 Å². The lowest BCUT2D eigenvalue weighted by Gasteiger charge is -2.25. The molecule has 1 fully saturated rings. The Labute approximate surface area is 276 Å². The molecule has 10 nitrogen and oxygen atoms in total. The number of allylic oxidation sites excluding steroid dienone is 1. The molecule has 1 aliphatic heterocycles. The lowest BCUT2D eigenvalue weighted by Crippen LogP contribution is -2.45. The second kappa shape index (κ2) is 18.9. The normalized spacial score (nSPS) is 16.9. The maximum absolute atomic E-state index is 12.4. The van der Waals surface area contributed by atoms with Crippen LogP contribution in [0.5, 0.6) is 5.75 Å². The summed E-state index contributed by atoms with van der Waals surface area (Å²) >= 11 is 5.70. The molecule has 1 heterocycles. The number of ether oxygens (including phenoxy) is 3. The number of nitrogens with one attached hydrogen (secondary N) is 2. The summed E-state index contributed by atoms with van der Waals surface area (Å²) in [6.07, 6.45) is 4.08. The SMILES string of the molecule is CC(C)CC(OC(=O)C(C)(C)CNC(=O)CNC(=O)/C=C/CCC(C)C1OC1c1ccccc1)C(=O)O.COc1ccccc1Cl. The van der Waals surface area contributed by atoms with Gasteiger partial charge in [-0.3, -0.25) is 14.4 Å². The maximum Gasteiger partial charge on any atom is 0.345 e. The third-order valence-electron chi connectivity index (χ3n) is 7.24. The minimum absolute atomic E-state index is 0.0389. The van der Waals surface area contributed by atoms with Crippen molar-refractivity contribution >= 4 is 35.4 Å². The molecule has 0 aliphatic carbocycles. The number of hydrogen-bond donors (Lipinski definition) is 3. The van der Waals surface area contributed by atoms with Crippen LogP contribution in [0.1, 0.15) is 65.5 Å². The number of carboxylic acid groups (broad SMARTS) is 1. The van der Waals surface area contributed by atoms with Gasteiger partial charge in [0.25, 0.3) is 0 Å². The molecule has 2 aromatic rings. The number of carboxylic acids is 1. The van der Waals surface area contributed by atoms with Gasteiger partial charge >= 0.3 is 11.9 Å². The van der Waals surface area contributed by atoms with E-state index >= 15 is 0 Å². The van der Waals surface area contributed by atoms with E-state index in [0.29, 0.717) is 17.4 Å². The Bertz CT molecular complexity index is 1310. The zero-order chi connectivity index (χ0) is 34.3. The summed E-state index contributed by atoms with van der Waals surface area (Å²) in [5.74, 6) is -1.65. The highest BCUT2D eigenvalue weighted by Gasteiger charge is 2.43. The summed E-state index contributed by atoms with van der Waals surface area (Å²) in [6.45, 7) is 8.62. The summed E-state index contributed by atoms with van der Waals surface area (Å²) in [4.78, 5) is 47.9. The molecular formula is C35H47ClN2O8. The van der Waals surface area contributed by atoms with Crippen molar-refractivity contribution in [1.82, 2.24) is 10.6 Å². The van der Waals surface area contributed by atoms with E-state index in [9.17, 15) is 24.3 Å². The van der Waals surface area contributed by atoms with Crippen LogP contribution in [-0.2, 0) is 28.7 Å². The lowest BCUT2D eigenvalue weighted by atomic mass is 9.93. The van der Waals surface area contributed by atoms with E-state index in [1.54, 1.807) is 33.1 Å². The second-order valence-corrected chi connectivity index (χ2v) is 12.7. The summed E-state index contributed by atoms with van der Waals surface area (Å²) in [7, 11) is 1.60. The zero-order valence-electron chi connectivity index (χ0n) is 27.5. The number of carbonyl (C=O) groups is 4. The zero-order valence-corrected chi connectivity index (χ0v) is 28.2. The largest absolute Gasteiger partial charge is 0.495 e. The molecule has 0 saturated carbocycles. The molecule has 46 heavy (non-hydrogen) atoms. The average molecular weight is 659 g/mol. The number of para-hydroxylation sites is 1. The van der Waals surface area contributed by atoms with Gasteiger partial charge in [0.2, 0.25) is 11.8 Å². The Morgan fingerprint density at radius 1 is 1.02 bits per heavy atom. The summed E-state index contributed by atoms with van der Waals surface area (Å²) in [5.41, 5.74) is 0.0505. The van der Waals surface area contributed by atoms with E-state index in [1.165, 1.54) is 11.6 Å².